The smallest absolute Gasteiger partial charge is 0.118 e. The molecular formula is C19H25NO. The fraction of sp³-hybridized carbons (Fsp3) is 0.368. The highest BCUT2D eigenvalue weighted by Crippen LogP contribution is 2.25. The molecule has 2 heteroatoms. The molecular weight excluding hydrogens is 258 g/mol. The number of ether oxygens (including phenoxy) is 1. The van der Waals surface area contributed by atoms with Gasteiger partial charge in [0.05, 0.1) is 7.11 Å². The van der Waals surface area contributed by atoms with E-state index in [9.17, 15) is 0 Å². The largest absolute Gasteiger partial charge is 0.497 e. The number of hydrogen-bond acceptors (Lipinski definition) is 2. The summed E-state index contributed by atoms with van der Waals surface area (Å²) in [6.07, 6.45) is 1.00. The third-order valence-electron chi connectivity index (χ3n) is 4.12. The maximum atomic E-state index is 5.23. The Hall–Kier alpha value is -1.80. The lowest BCUT2D eigenvalue weighted by Crippen LogP contribution is -2.19. The van der Waals surface area contributed by atoms with Crippen LogP contribution in [0.2, 0.25) is 0 Å². The van der Waals surface area contributed by atoms with Crippen molar-refractivity contribution in [2.45, 2.75) is 33.2 Å². The summed E-state index contributed by atoms with van der Waals surface area (Å²) in [5, 5.41) is 3.43. The molecule has 0 aliphatic rings. The molecule has 0 bridgehead atoms. The van der Waals surface area contributed by atoms with Gasteiger partial charge in [-0.2, -0.15) is 0 Å². The van der Waals surface area contributed by atoms with E-state index in [2.05, 4.69) is 50.4 Å². The molecule has 0 saturated heterocycles. The minimum absolute atomic E-state index is 0.316. The number of rotatable bonds is 5. The maximum Gasteiger partial charge on any atom is 0.118 e. The first-order valence-electron chi connectivity index (χ1n) is 7.43. The van der Waals surface area contributed by atoms with Gasteiger partial charge in [-0.25, -0.2) is 0 Å². The molecule has 2 aromatic rings. The van der Waals surface area contributed by atoms with Crippen LogP contribution in [0.15, 0.2) is 36.4 Å². The van der Waals surface area contributed by atoms with Crippen molar-refractivity contribution in [1.82, 2.24) is 5.32 Å². The molecule has 2 nitrogen and oxygen atoms in total. The molecule has 0 amide bonds. The second-order valence-corrected chi connectivity index (χ2v) is 5.70. The molecule has 21 heavy (non-hydrogen) atoms. The summed E-state index contributed by atoms with van der Waals surface area (Å²) in [6, 6.07) is 13.2. The number of nitrogens with one attached hydrogen (secondary N) is 1. The van der Waals surface area contributed by atoms with E-state index in [0.29, 0.717) is 6.04 Å². The van der Waals surface area contributed by atoms with E-state index < -0.39 is 0 Å². The van der Waals surface area contributed by atoms with Gasteiger partial charge in [-0.1, -0.05) is 29.8 Å². The van der Waals surface area contributed by atoms with Crippen molar-refractivity contribution >= 4 is 0 Å². The second-order valence-electron chi connectivity index (χ2n) is 5.70. The summed E-state index contributed by atoms with van der Waals surface area (Å²) in [4.78, 5) is 0. The number of likely N-dealkylation sites (N-methyl/N-ethyl adjacent to an activating group) is 1. The highest BCUT2D eigenvalue weighted by molar-refractivity contribution is 5.39. The highest BCUT2D eigenvalue weighted by atomic mass is 16.5. The Morgan fingerprint density at radius 1 is 1.00 bits per heavy atom. The fourth-order valence-corrected chi connectivity index (χ4v) is 2.96. The van der Waals surface area contributed by atoms with E-state index in [1.165, 1.54) is 27.8 Å². The topological polar surface area (TPSA) is 21.3 Å². The molecule has 112 valence electrons. The zero-order valence-electron chi connectivity index (χ0n) is 13.7. The molecule has 0 radical (unpaired) electrons. The van der Waals surface area contributed by atoms with E-state index in [4.69, 9.17) is 4.74 Å². The van der Waals surface area contributed by atoms with Gasteiger partial charge in [-0.15, -0.1) is 0 Å². The lowest BCUT2D eigenvalue weighted by Gasteiger charge is -2.20. The Balaban J connectivity index is 2.26. The highest BCUT2D eigenvalue weighted by Gasteiger charge is 2.13. The van der Waals surface area contributed by atoms with Crippen molar-refractivity contribution in [2.75, 3.05) is 14.2 Å². The standard InChI is InChI=1S/C19H25NO/c1-13-10-14(2)18(15(3)11-13)12-19(20-4)16-6-8-17(21-5)9-7-16/h6-11,19-20H,12H2,1-5H3. The molecule has 2 aromatic carbocycles. The first-order chi connectivity index (χ1) is 10.0. The van der Waals surface area contributed by atoms with Crippen LogP contribution < -0.4 is 10.1 Å². The van der Waals surface area contributed by atoms with Gasteiger partial charge in [0.15, 0.2) is 0 Å². The molecule has 0 aromatic heterocycles. The summed E-state index contributed by atoms with van der Waals surface area (Å²) in [5.41, 5.74) is 6.81. The van der Waals surface area contributed by atoms with Gasteiger partial charge in [-0.3, -0.25) is 0 Å². The zero-order chi connectivity index (χ0) is 15.4. The summed E-state index contributed by atoms with van der Waals surface area (Å²) < 4.78 is 5.23. The van der Waals surface area contributed by atoms with E-state index in [1.54, 1.807) is 7.11 Å². The van der Waals surface area contributed by atoms with E-state index in [-0.39, 0.29) is 0 Å². The zero-order valence-corrected chi connectivity index (χ0v) is 13.7. The summed E-state index contributed by atoms with van der Waals surface area (Å²) in [5.74, 6) is 0.899. The Bertz CT molecular complexity index is 578. The van der Waals surface area contributed by atoms with Crippen molar-refractivity contribution in [3.63, 3.8) is 0 Å². The van der Waals surface area contributed by atoms with Crippen LogP contribution in [-0.2, 0) is 6.42 Å². The Labute approximate surface area is 128 Å². The normalized spacial score (nSPS) is 12.2. The van der Waals surface area contributed by atoms with Gasteiger partial charge in [0, 0.05) is 6.04 Å². The quantitative estimate of drug-likeness (QED) is 0.891. The van der Waals surface area contributed by atoms with Crippen molar-refractivity contribution in [3.05, 3.63) is 64.2 Å². The Kier molecular flexibility index (Phi) is 5.03. The first kappa shape index (κ1) is 15.6. The molecule has 0 spiro atoms. The molecule has 0 fully saturated rings. The van der Waals surface area contributed by atoms with Crippen molar-refractivity contribution in [1.29, 1.82) is 0 Å². The Morgan fingerprint density at radius 3 is 2.05 bits per heavy atom. The average molecular weight is 283 g/mol. The first-order valence-corrected chi connectivity index (χ1v) is 7.43. The minimum Gasteiger partial charge on any atom is -0.497 e. The van der Waals surface area contributed by atoms with Crippen LogP contribution in [0.4, 0.5) is 0 Å². The van der Waals surface area contributed by atoms with Crippen LogP contribution in [0.5, 0.6) is 5.75 Å². The molecule has 0 saturated carbocycles. The fourth-order valence-electron chi connectivity index (χ4n) is 2.96. The van der Waals surface area contributed by atoms with Gasteiger partial charge in [0.25, 0.3) is 0 Å². The number of benzene rings is 2. The van der Waals surface area contributed by atoms with Gasteiger partial charge in [-0.05, 0) is 68.6 Å². The molecule has 2 rings (SSSR count). The summed E-state index contributed by atoms with van der Waals surface area (Å²) >= 11 is 0. The van der Waals surface area contributed by atoms with Gasteiger partial charge < -0.3 is 10.1 Å². The lowest BCUT2D eigenvalue weighted by atomic mass is 9.91. The van der Waals surface area contributed by atoms with Gasteiger partial charge in [0.2, 0.25) is 0 Å². The molecule has 0 aliphatic heterocycles. The van der Waals surface area contributed by atoms with Gasteiger partial charge in [0.1, 0.15) is 5.75 Å². The third-order valence-corrected chi connectivity index (χ3v) is 4.12. The Morgan fingerprint density at radius 2 is 1.57 bits per heavy atom. The van der Waals surface area contributed by atoms with Crippen molar-refractivity contribution < 1.29 is 4.74 Å². The average Bonchev–Trinajstić information content (AvgIpc) is 2.47. The van der Waals surface area contributed by atoms with Crippen LogP contribution in [0.1, 0.15) is 33.9 Å². The predicted molar refractivity (Wildman–Crippen MR) is 89.2 cm³/mol. The van der Waals surface area contributed by atoms with Gasteiger partial charge >= 0.3 is 0 Å². The van der Waals surface area contributed by atoms with E-state index in [0.717, 1.165) is 12.2 Å². The van der Waals surface area contributed by atoms with Crippen LogP contribution >= 0.6 is 0 Å². The number of methoxy groups -OCH3 is 1. The van der Waals surface area contributed by atoms with Crippen molar-refractivity contribution in [3.8, 4) is 5.75 Å². The van der Waals surface area contributed by atoms with E-state index >= 15 is 0 Å². The van der Waals surface area contributed by atoms with Crippen LogP contribution in [0, 0.1) is 20.8 Å². The molecule has 0 heterocycles. The number of hydrogen-bond donors (Lipinski definition) is 1. The monoisotopic (exact) mass is 283 g/mol. The molecule has 0 aliphatic carbocycles. The molecule has 1 unspecified atom stereocenters. The second kappa shape index (κ2) is 6.77. The maximum absolute atomic E-state index is 5.23. The van der Waals surface area contributed by atoms with Crippen LogP contribution in [0.3, 0.4) is 0 Å². The number of aryl methyl sites for hydroxylation is 3. The van der Waals surface area contributed by atoms with Crippen LogP contribution in [0.25, 0.3) is 0 Å². The predicted octanol–water partition coefficient (Wildman–Crippen LogP) is 4.12. The minimum atomic E-state index is 0.316. The van der Waals surface area contributed by atoms with Crippen molar-refractivity contribution in [2.24, 2.45) is 0 Å². The van der Waals surface area contributed by atoms with E-state index in [1.807, 2.05) is 19.2 Å². The summed E-state index contributed by atoms with van der Waals surface area (Å²) in [7, 11) is 3.72. The van der Waals surface area contributed by atoms with Crippen LogP contribution in [-0.4, -0.2) is 14.2 Å². The SMILES string of the molecule is CNC(Cc1c(C)cc(C)cc1C)c1ccc(OC)cc1. The lowest BCUT2D eigenvalue weighted by molar-refractivity contribution is 0.414. The third kappa shape index (κ3) is 3.64. The summed E-state index contributed by atoms with van der Waals surface area (Å²) in [6.45, 7) is 6.56. The molecule has 1 N–H and O–H groups in total. The molecule has 1 atom stereocenters.